The van der Waals surface area contributed by atoms with Gasteiger partial charge in [0.05, 0.1) is 17.9 Å². The fourth-order valence-corrected chi connectivity index (χ4v) is 1.44. The summed E-state index contributed by atoms with van der Waals surface area (Å²) in [4.78, 5) is 12.7. The van der Waals surface area contributed by atoms with Gasteiger partial charge in [0.25, 0.3) is 12.3 Å². The summed E-state index contributed by atoms with van der Waals surface area (Å²) in [6.45, 7) is 3.14. The highest BCUT2D eigenvalue weighted by Gasteiger charge is 2.23. The number of carbonyl (C=O) groups is 1. The molecule has 0 spiro atoms. The van der Waals surface area contributed by atoms with Gasteiger partial charge in [0.15, 0.2) is 5.69 Å². The standard InChI is InChI=1S/C10H16F2N4O/c1-5(2)8-7(13)9(15-14-8)10(17)16(3)4-6(11)12/h5-6H,4,13H2,1-3H3,(H,14,15). The number of amides is 1. The minimum absolute atomic E-state index is 0.00292. The van der Waals surface area contributed by atoms with Crippen molar-refractivity contribution in [2.24, 2.45) is 0 Å². The van der Waals surface area contributed by atoms with Crippen LogP contribution in [0.4, 0.5) is 14.5 Å². The molecule has 0 saturated carbocycles. The fourth-order valence-electron chi connectivity index (χ4n) is 1.44. The molecule has 0 aliphatic heterocycles. The zero-order valence-electron chi connectivity index (χ0n) is 10.00. The Morgan fingerprint density at radius 2 is 2.12 bits per heavy atom. The van der Waals surface area contributed by atoms with E-state index in [9.17, 15) is 13.6 Å². The SMILES string of the molecule is CC(C)c1[nH]nc(C(=O)N(C)CC(F)F)c1N. The van der Waals surface area contributed by atoms with E-state index < -0.39 is 18.9 Å². The molecular weight excluding hydrogens is 230 g/mol. The molecule has 1 heterocycles. The Balaban J connectivity index is 2.90. The van der Waals surface area contributed by atoms with Gasteiger partial charge in [-0.2, -0.15) is 5.10 Å². The number of aromatic amines is 1. The molecule has 0 atom stereocenters. The lowest BCUT2D eigenvalue weighted by Gasteiger charge is -2.15. The van der Waals surface area contributed by atoms with E-state index in [1.54, 1.807) is 0 Å². The molecule has 1 aromatic heterocycles. The molecule has 0 aromatic carbocycles. The molecule has 17 heavy (non-hydrogen) atoms. The second-order valence-corrected chi connectivity index (χ2v) is 4.13. The first-order chi connectivity index (χ1) is 7.84. The quantitative estimate of drug-likeness (QED) is 0.844. The smallest absolute Gasteiger partial charge is 0.276 e. The summed E-state index contributed by atoms with van der Waals surface area (Å²) in [5.74, 6) is -0.518. The molecule has 0 radical (unpaired) electrons. The van der Waals surface area contributed by atoms with Gasteiger partial charge in [0, 0.05) is 7.05 Å². The van der Waals surface area contributed by atoms with Crippen molar-refractivity contribution < 1.29 is 13.6 Å². The minimum atomic E-state index is -2.58. The van der Waals surface area contributed by atoms with Crippen molar-refractivity contribution in [3.05, 3.63) is 11.4 Å². The molecule has 0 aliphatic carbocycles. The molecule has 5 nitrogen and oxygen atoms in total. The van der Waals surface area contributed by atoms with E-state index in [-0.39, 0.29) is 17.3 Å². The van der Waals surface area contributed by atoms with E-state index in [1.165, 1.54) is 7.05 Å². The molecule has 0 bridgehead atoms. The molecule has 0 aliphatic rings. The fraction of sp³-hybridized carbons (Fsp3) is 0.600. The number of aromatic nitrogens is 2. The average molecular weight is 246 g/mol. The Hall–Kier alpha value is -1.66. The summed E-state index contributed by atoms with van der Waals surface area (Å²) in [5.41, 5.74) is 6.61. The van der Waals surface area contributed by atoms with Gasteiger partial charge in [-0.25, -0.2) is 8.78 Å². The van der Waals surface area contributed by atoms with E-state index in [1.807, 2.05) is 13.8 Å². The first kappa shape index (κ1) is 13.4. The number of nitrogens with zero attached hydrogens (tertiary/aromatic N) is 2. The molecule has 1 aromatic rings. The zero-order valence-corrected chi connectivity index (χ0v) is 10.00. The van der Waals surface area contributed by atoms with Crippen LogP contribution in [0.5, 0.6) is 0 Å². The highest BCUT2D eigenvalue weighted by atomic mass is 19.3. The minimum Gasteiger partial charge on any atom is -0.395 e. The van der Waals surface area contributed by atoms with Crippen molar-refractivity contribution in [1.29, 1.82) is 0 Å². The van der Waals surface area contributed by atoms with Gasteiger partial charge in [-0.3, -0.25) is 9.89 Å². The third-order valence-electron chi connectivity index (χ3n) is 2.37. The number of anilines is 1. The lowest BCUT2D eigenvalue weighted by atomic mass is 10.1. The third-order valence-corrected chi connectivity index (χ3v) is 2.37. The van der Waals surface area contributed by atoms with Crippen molar-refractivity contribution in [3.8, 4) is 0 Å². The summed E-state index contributed by atoms with van der Waals surface area (Å²) >= 11 is 0. The number of nitrogens with two attached hydrogens (primary N) is 1. The number of nitrogen functional groups attached to an aromatic ring is 1. The van der Waals surface area contributed by atoms with E-state index in [0.29, 0.717) is 5.69 Å². The van der Waals surface area contributed by atoms with Crippen molar-refractivity contribution in [2.75, 3.05) is 19.3 Å². The predicted molar refractivity (Wildman–Crippen MR) is 60.1 cm³/mol. The maximum atomic E-state index is 12.1. The second-order valence-electron chi connectivity index (χ2n) is 4.13. The normalized spacial score (nSPS) is 11.2. The molecular formula is C10H16F2N4O. The molecule has 1 amide bonds. The Labute approximate surface area is 98.0 Å². The van der Waals surface area contributed by atoms with Crippen LogP contribution in [0.15, 0.2) is 0 Å². The summed E-state index contributed by atoms with van der Waals surface area (Å²) in [6, 6.07) is 0. The van der Waals surface area contributed by atoms with Gasteiger partial charge in [-0.15, -0.1) is 0 Å². The van der Waals surface area contributed by atoms with Crippen LogP contribution in [-0.2, 0) is 0 Å². The molecule has 3 N–H and O–H groups in total. The average Bonchev–Trinajstić information content (AvgIpc) is 2.57. The van der Waals surface area contributed by atoms with Crippen LogP contribution < -0.4 is 5.73 Å². The number of halogens is 2. The molecule has 0 unspecified atom stereocenters. The summed E-state index contributed by atoms with van der Waals surface area (Å²) < 4.78 is 24.3. The van der Waals surface area contributed by atoms with Gasteiger partial charge in [0.1, 0.15) is 0 Å². The lowest BCUT2D eigenvalue weighted by molar-refractivity contribution is 0.0616. The van der Waals surface area contributed by atoms with Gasteiger partial charge >= 0.3 is 0 Å². The first-order valence-electron chi connectivity index (χ1n) is 5.22. The second kappa shape index (κ2) is 5.11. The van der Waals surface area contributed by atoms with E-state index in [0.717, 1.165) is 4.90 Å². The highest BCUT2D eigenvalue weighted by molar-refractivity contribution is 5.97. The van der Waals surface area contributed by atoms with Crippen LogP contribution in [0.1, 0.15) is 35.9 Å². The third kappa shape index (κ3) is 2.92. The number of alkyl halides is 2. The van der Waals surface area contributed by atoms with E-state index in [4.69, 9.17) is 5.73 Å². The van der Waals surface area contributed by atoms with Crippen LogP contribution in [-0.4, -0.2) is 41.0 Å². The van der Waals surface area contributed by atoms with Crippen LogP contribution in [0, 0.1) is 0 Å². The predicted octanol–water partition coefficient (Wildman–Crippen LogP) is 1.45. The Morgan fingerprint density at radius 1 is 1.53 bits per heavy atom. The number of nitrogens with one attached hydrogen (secondary N) is 1. The number of H-pyrrole nitrogens is 1. The van der Waals surface area contributed by atoms with Gasteiger partial charge < -0.3 is 10.6 Å². The van der Waals surface area contributed by atoms with Crippen LogP contribution in [0.25, 0.3) is 0 Å². The van der Waals surface area contributed by atoms with Gasteiger partial charge in [0.2, 0.25) is 0 Å². The van der Waals surface area contributed by atoms with Crippen molar-refractivity contribution >= 4 is 11.6 Å². The van der Waals surface area contributed by atoms with Crippen LogP contribution in [0.2, 0.25) is 0 Å². The molecule has 0 fully saturated rings. The van der Waals surface area contributed by atoms with Crippen molar-refractivity contribution in [2.45, 2.75) is 26.2 Å². The van der Waals surface area contributed by atoms with Gasteiger partial charge in [-0.1, -0.05) is 13.8 Å². The summed E-state index contributed by atoms with van der Waals surface area (Å²) in [7, 11) is 1.29. The number of hydrogen-bond acceptors (Lipinski definition) is 3. The Morgan fingerprint density at radius 3 is 2.53 bits per heavy atom. The maximum Gasteiger partial charge on any atom is 0.276 e. The number of rotatable bonds is 4. The molecule has 1 rings (SSSR count). The monoisotopic (exact) mass is 246 g/mol. The maximum absolute atomic E-state index is 12.1. The molecule has 96 valence electrons. The van der Waals surface area contributed by atoms with E-state index in [2.05, 4.69) is 10.2 Å². The Bertz CT molecular complexity index is 403. The van der Waals surface area contributed by atoms with Gasteiger partial charge in [-0.05, 0) is 5.92 Å². The van der Waals surface area contributed by atoms with Crippen molar-refractivity contribution in [3.63, 3.8) is 0 Å². The number of hydrogen-bond donors (Lipinski definition) is 2. The summed E-state index contributed by atoms with van der Waals surface area (Å²) in [5, 5.41) is 6.43. The van der Waals surface area contributed by atoms with Crippen LogP contribution in [0.3, 0.4) is 0 Å². The summed E-state index contributed by atoms with van der Waals surface area (Å²) in [6.07, 6.45) is -2.58. The van der Waals surface area contributed by atoms with Crippen molar-refractivity contribution in [1.82, 2.24) is 15.1 Å². The van der Waals surface area contributed by atoms with Crippen LogP contribution >= 0.6 is 0 Å². The number of carbonyl (C=O) groups excluding carboxylic acids is 1. The Kier molecular flexibility index (Phi) is 4.03. The molecule has 0 saturated heterocycles. The molecule has 7 heteroatoms. The first-order valence-corrected chi connectivity index (χ1v) is 5.22. The topological polar surface area (TPSA) is 75.0 Å². The lowest BCUT2D eigenvalue weighted by Crippen LogP contribution is -2.32. The largest absolute Gasteiger partial charge is 0.395 e. The zero-order chi connectivity index (χ0) is 13.2. The van der Waals surface area contributed by atoms with E-state index >= 15 is 0 Å². The highest BCUT2D eigenvalue weighted by Crippen LogP contribution is 2.22.